The third kappa shape index (κ3) is 10.3. The first-order chi connectivity index (χ1) is 10.9. The lowest BCUT2D eigenvalue weighted by Gasteiger charge is -2.20. The summed E-state index contributed by atoms with van der Waals surface area (Å²) < 4.78 is 10.3. The number of rotatable bonds is 11. The zero-order valence-corrected chi connectivity index (χ0v) is 14.1. The van der Waals surface area contributed by atoms with Gasteiger partial charge in [-0.2, -0.15) is 10.5 Å². The number of hydrogen-bond acceptors (Lipinski definition) is 6. The molecule has 7 nitrogen and oxygen atoms in total. The first-order valence-electron chi connectivity index (χ1n) is 7.72. The van der Waals surface area contributed by atoms with Gasteiger partial charge in [0.25, 0.3) is 5.91 Å². The number of ether oxygens (including phenoxy) is 2. The second-order valence-electron chi connectivity index (χ2n) is 5.50. The van der Waals surface area contributed by atoms with Gasteiger partial charge in [-0.25, -0.2) is 4.79 Å². The topological polar surface area (TPSA) is 103 Å². The second-order valence-corrected chi connectivity index (χ2v) is 5.50. The molecule has 0 rings (SSSR count). The van der Waals surface area contributed by atoms with E-state index in [1.165, 1.54) is 4.90 Å². The molecule has 0 radical (unpaired) electrons. The molecule has 128 valence electrons. The third-order valence-corrected chi connectivity index (χ3v) is 3.07. The Morgan fingerprint density at radius 3 is 2.13 bits per heavy atom. The Bertz CT molecular complexity index is 433. The smallest absolute Gasteiger partial charge is 0.335 e. The van der Waals surface area contributed by atoms with Gasteiger partial charge in [-0.1, -0.05) is 13.8 Å². The highest BCUT2D eigenvalue weighted by Crippen LogP contribution is 2.03. The second kappa shape index (κ2) is 12.4. The molecule has 0 fully saturated rings. The van der Waals surface area contributed by atoms with Crippen LogP contribution in [-0.2, 0) is 19.1 Å². The van der Waals surface area contributed by atoms with Crippen LogP contribution in [0, 0.1) is 28.6 Å². The summed E-state index contributed by atoms with van der Waals surface area (Å²) in [5, 5.41) is 17.2. The molecule has 0 saturated heterocycles. The van der Waals surface area contributed by atoms with Gasteiger partial charge in [0.2, 0.25) is 0 Å². The Balaban J connectivity index is 4.23. The molecule has 7 heteroatoms. The monoisotopic (exact) mass is 323 g/mol. The fraction of sp³-hybridized carbons (Fsp3) is 0.750. The van der Waals surface area contributed by atoms with Crippen molar-refractivity contribution in [1.29, 1.82) is 10.5 Å². The van der Waals surface area contributed by atoms with Gasteiger partial charge in [-0.05, 0) is 19.3 Å². The maximum Gasteiger partial charge on any atom is 0.335 e. The first kappa shape index (κ1) is 20.9. The van der Waals surface area contributed by atoms with Gasteiger partial charge < -0.3 is 14.4 Å². The van der Waals surface area contributed by atoms with Gasteiger partial charge in [0.05, 0.1) is 25.0 Å². The maximum absolute atomic E-state index is 12.0. The van der Waals surface area contributed by atoms with Crippen molar-refractivity contribution < 1.29 is 19.1 Å². The molecule has 0 aliphatic rings. The van der Waals surface area contributed by atoms with Crippen LogP contribution in [0.3, 0.4) is 0 Å². The number of nitrogens with zero attached hydrogens (tertiary/aromatic N) is 3. The molecule has 0 aromatic heterocycles. The van der Waals surface area contributed by atoms with Gasteiger partial charge in [-0.15, -0.1) is 0 Å². The van der Waals surface area contributed by atoms with E-state index in [0.717, 1.165) is 6.42 Å². The molecule has 1 unspecified atom stereocenters. The van der Waals surface area contributed by atoms with E-state index >= 15 is 0 Å². The maximum atomic E-state index is 12.0. The highest BCUT2D eigenvalue weighted by atomic mass is 16.6. The Kier molecular flexibility index (Phi) is 11.3. The van der Waals surface area contributed by atoms with E-state index in [2.05, 4.69) is 13.8 Å². The van der Waals surface area contributed by atoms with E-state index in [-0.39, 0.29) is 25.9 Å². The van der Waals surface area contributed by atoms with E-state index in [1.54, 1.807) is 6.92 Å². The van der Waals surface area contributed by atoms with Gasteiger partial charge in [0.1, 0.15) is 0 Å². The van der Waals surface area contributed by atoms with Crippen molar-refractivity contribution in [2.75, 3.05) is 26.3 Å². The molecule has 0 aliphatic carbocycles. The largest absolute Gasteiger partial charge is 0.454 e. The van der Waals surface area contributed by atoms with Gasteiger partial charge in [0, 0.05) is 19.7 Å². The number of amides is 1. The first-order valence-corrected chi connectivity index (χ1v) is 7.72. The molecule has 0 heterocycles. The van der Waals surface area contributed by atoms with Crippen molar-refractivity contribution >= 4 is 11.9 Å². The van der Waals surface area contributed by atoms with Gasteiger partial charge >= 0.3 is 5.97 Å². The molecule has 0 aromatic carbocycles. The van der Waals surface area contributed by atoms with Crippen LogP contribution >= 0.6 is 0 Å². The molecule has 1 amide bonds. The minimum atomic E-state index is -0.729. The fourth-order valence-corrected chi connectivity index (χ4v) is 1.62. The zero-order valence-electron chi connectivity index (χ0n) is 14.1. The van der Waals surface area contributed by atoms with E-state index in [4.69, 9.17) is 20.0 Å². The van der Waals surface area contributed by atoms with Gasteiger partial charge in [0.15, 0.2) is 12.7 Å². The van der Waals surface area contributed by atoms with Crippen molar-refractivity contribution in [3.8, 4) is 12.1 Å². The summed E-state index contributed by atoms with van der Waals surface area (Å²) in [5.41, 5.74) is 0. The molecule has 0 aliphatic heterocycles. The third-order valence-electron chi connectivity index (χ3n) is 3.07. The summed E-state index contributed by atoms with van der Waals surface area (Å²) in [6, 6.07) is 3.88. The summed E-state index contributed by atoms with van der Waals surface area (Å²) in [5.74, 6) is -0.533. The summed E-state index contributed by atoms with van der Waals surface area (Å²) in [7, 11) is 0. The average Bonchev–Trinajstić information content (AvgIpc) is 2.51. The molecule has 0 N–H and O–H groups in total. The van der Waals surface area contributed by atoms with Crippen LogP contribution in [0.2, 0.25) is 0 Å². The Hall–Kier alpha value is -2.12. The quantitative estimate of drug-likeness (QED) is 0.535. The Morgan fingerprint density at radius 2 is 1.65 bits per heavy atom. The predicted octanol–water partition coefficient (Wildman–Crippen LogP) is 1.64. The predicted molar refractivity (Wildman–Crippen MR) is 82.9 cm³/mol. The number of esters is 1. The van der Waals surface area contributed by atoms with E-state index in [1.807, 2.05) is 12.1 Å². The molecular formula is C16H25N3O4. The molecule has 1 atom stereocenters. The number of carbonyl (C=O) groups is 2. The van der Waals surface area contributed by atoms with E-state index in [0.29, 0.717) is 12.5 Å². The van der Waals surface area contributed by atoms with Crippen molar-refractivity contribution in [3.63, 3.8) is 0 Å². The van der Waals surface area contributed by atoms with Crippen LogP contribution in [0.1, 0.15) is 40.0 Å². The fourth-order valence-electron chi connectivity index (χ4n) is 1.62. The van der Waals surface area contributed by atoms with Crippen LogP contribution in [-0.4, -0.2) is 49.2 Å². The minimum Gasteiger partial charge on any atom is -0.454 e. The lowest BCUT2D eigenvalue weighted by molar-refractivity contribution is -0.161. The molecule has 23 heavy (non-hydrogen) atoms. The molecule has 0 saturated carbocycles. The normalized spacial score (nSPS) is 11.4. The van der Waals surface area contributed by atoms with E-state index in [9.17, 15) is 9.59 Å². The van der Waals surface area contributed by atoms with E-state index < -0.39 is 24.6 Å². The Morgan fingerprint density at radius 1 is 1.09 bits per heavy atom. The molecule has 0 bridgehead atoms. The SMILES string of the molecule is CC(C)CCOC(C)C(=O)OCC(=O)N(CCC#N)CCC#N. The molecule has 0 spiro atoms. The van der Waals surface area contributed by atoms with Crippen LogP contribution in [0.4, 0.5) is 0 Å². The highest BCUT2D eigenvalue weighted by Gasteiger charge is 2.19. The van der Waals surface area contributed by atoms with Gasteiger partial charge in [-0.3, -0.25) is 4.79 Å². The van der Waals surface area contributed by atoms with Crippen LogP contribution in [0.5, 0.6) is 0 Å². The summed E-state index contributed by atoms with van der Waals surface area (Å²) in [6.45, 7) is 6.18. The van der Waals surface area contributed by atoms with Crippen molar-refractivity contribution in [1.82, 2.24) is 4.90 Å². The summed E-state index contributed by atoms with van der Waals surface area (Å²) in [6.07, 6.45) is 0.444. The minimum absolute atomic E-state index is 0.166. The molecule has 0 aromatic rings. The summed E-state index contributed by atoms with van der Waals surface area (Å²) in [4.78, 5) is 25.1. The van der Waals surface area contributed by atoms with Crippen molar-refractivity contribution in [2.24, 2.45) is 5.92 Å². The lowest BCUT2D eigenvalue weighted by atomic mass is 10.1. The Labute approximate surface area is 137 Å². The summed E-state index contributed by atoms with van der Waals surface area (Å²) >= 11 is 0. The molecular weight excluding hydrogens is 298 g/mol. The van der Waals surface area contributed by atoms with Crippen LogP contribution < -0.4 is 0 Å². The lowest BCUT2D eigenvalue weighted by Crippen LogP contribution is -2.37. The number of nitriles is 2. The standard InChI is InChI=1S/C16H25N3O4/c1-13(2)6-11-22-14(3)16(21)23-12-15(20)19(9-4-7-17)10-5-8-18/h13-14H,4-6,9-12H2,1-3H3. The number of hydrogen-bond donors (Lipinski definition) is 0. The number of carbonyl (C=O) groups excluding carboxylic acids is 2. The van der Waals surface area contributed by atoms with Crippen molar-refractivity contribution in [2.45, 2.75) is 46.1 Å². The highest BCUT2D eigenvalue weighted by molar-refractivity contribution is 5.82. The van der Waals surface area contributed by atoms with Crippen LogP contribution in [0.15, 0.2) is 0 Å². The van der Waals surface area contributed by atoms with Crippen molar-refractivity contribution in [3.05, 3.63) is 0 Å². The average molecular weight is 323 g/mol. The van der Waals surface area contributed by atoms with Crippen LogP contribution in [0.25, 0.3) is 0 Å². The zero-order chi connectivity index (χ0) is 17.7.